The van der Waals surface area contributed by atoms with Crippen molar-refractivity contribution in [3.63, 3.8) is 0 Å². The van der Waals surface area contributed by atoms with Crippen LogP contribution < -0.4 is 5.73 Å². The number of rotatable bonds is 5. The molecule has 3 heteroatoms. The topological polar surface area (TPSA) is 32.5 Å². The highest BCUT2D eigenvalue weighted by Gasteiger charge is 2.29. The Labute approximate surface area is 113 Å². The molecule has 2 unspecified atom stereocenters. The van der Waals surface area contributed by atoms with Crippen LogP contribution in [0.3, 0.4) is 0 Å². The van der Waals surface area contributed by atoms with Crippen LogP contribution >= 0.6 is 0 Å². The van der Waals surface area contributed by atoms with Crippen molar-refractivity contribution in [1.29, 1.82) is 0 Å². The lowest BCUT2D eigenvalue weighted by Gasteiger charge is -2.29. The molecule has 0 aromatic carbocycles. The maximum atomic E-state index is 6.05. The summed E-state index contributed by atoms with van der Waals surface area (Å²) in [5, 5.41) is 0. The summed E-state index contributed by atoms with van der Waals surface area (Å²) < 4.78 is 0. The molecule has 2 aliphatic heterocycles. The van der Waals surface area contributed by atoms with Gasteiger partial charge in [0.2, 0.25) is 0 Å². The molecule has 0 amide bonds. The van der Waals surface area contributed by atoms with E-state index in [-0.39, 0.29) is 0 Å². The van der Waals surface area contributed by atoms with Crippen molar-refractivity contribution in [2.75, 3.05) is 45.8 Å². The van der Waals surface area contributed by atoms with Crippen LogP contribution in [0.1, 0.15) is 39.0 Å². The highest BCUT2D eigenvalue weighted by molar-refractivity contribution is 4.83. The minimum Gasteiger partial charge on any atom is -0.330 e. The van der Waals surface area contributed by atoms with Crippen LogP contribution in [-0.2, 0) is 0 Å². The van der Waals surface area contributed by atoms with Crippen LogP contribution in [0.4, 0.5) is 0 Å². The summed E-state index contributed by atoms with van der Waals surface area (Å²) in [4.78, 5) is 5.26. The molecule has 106 valence electrons. The van der Waals surface area contributed by atoms with Crippen LogP contribution in [0.5, 0.6) is 0 Å². The Bertz CT molecular complexity index is 224. The molecule has 0 aromatic rings. The quantitative estimate of drug-likeness (QED) is 0.810. The van der Waals surface area contributed by atoms with Gasteiger partial charge in [-0.25, -0.2) is 0 Å². The molecule has 2 rings (SSSR count). The summed E-state index contributed by atoms with van der Waals surface area (Å²) >= 11 is 0. The van der Waals surface area contributed by atoms with Crippen LogP contribution in [-0.4, -0.2) is 55.6 Å². The lowest BCUT2D eigenvalue weighted by molar-refractivity contribution is 0.196. The predicted molar refractivity (Wildman–Crippen MR) is 77.7 cm³/mol. The Balaban J connectivity index is 1.80. The zero-order chi connectivity index (χ0) is 12.8. The second kappa shape index (κ2) is 7.46. The Morgan fingerprint density at radius 1 is 1.06 bits per heavy atom. The molecule has 3 nitrogen and oxygen atoms in total. The van der Waals surface area contributed by atoms with Crippen molar-refractivity contribution in [1.82, 2.24) is 9.80 Å². The predicted octanol–water partition coefficient (Wildman–Crippen LogP) is 1.78. The Kier molecular flexibility index (Phi) is 5.93. The second-order valence-electron chi connectivity index (χ2n) is 6.15. The molecule has 2 aliphatic rings. The fourth-order valence-corrected chi connectivity index (χ4v) is 3.60. The van der Waals surface area contributed by atoms with E-state index in [2.05, 4.69) is 16.7 Å². The van der Waals surface area contributed by atoms with E-state index in [0.29, 0.717) is 0 Å². The second-order valence-corrected chi connectivity index (χ2v) is 6.15. The van der Waals surface area contributed by atoms with Gasteiger partial charge in [0.1, 0.15) is 0 Å². The molecule has 0 saturated carbocycles. The van der Waals surface area contributed by atoms with E-state index in [9.17, 15) is 0 Å². The summed E-state index contributed by atoms with van der Waals surface area (Å²) in [6, 6.07) is 0. The molecule has 2 fully saturated rings. The van der Waals surface area contributed by atoms with Crippen molar-refractivity contribution in [2.45, 2.75) is 39.0 Å². The molecule has 0 bridgehead atoms. The molecule has 2 saturated heterocycles. The van der Waals surface area contributed by atoms with Crippen molar-refractivity contribution in [3.8, 4) is 0 Å². The van der Waals surface area contributed by atoms with Gasteiger partial charge in [0, 0.05) is 13.1 Å². The minimum atomic E-state index is 0.722. The fraction of sp³-hybridized carbons (Fsp3) is 1.00. The van der Waals surface area contributed by atoms with Gasteiger partial charge in [0.05, 0.1) is 0 Å². The molecule has 18 heavy (non-hydrogen) atoms. The number of likely N-dealkylation sites (tertiary alicyclic amines) is 2. The summed E-state index contributed by atoms with van der Waals surface area (Å²) in [6.07, 6.45) is 7.00. The fourth-order valence-electron chi connectivity index (χ4n) is 3.60. The summed E-state index contributed by atoms with van der Waals surface area (Å²) in [5.74, 6) is 1.57. The van der Waals surface area contributed by atoms with Crippen LogP contribution in [0, 0.1) is 11.8 Å². The zero-order valence-corrected chi connectivity index (χ0v) is 12.1. The van der Waals surface area contributed by atoms with Crippen molar-refractivity contribution >= 4 is 0 Å². The largest absolute Gasteiger partial charge is 0.330 e. The summed E-state index contributed by atoms with van der Waals surface area (Å²) in [7, 11) is 0. The van der Waals surface area contributed by atoms with Crippen LogP contribution in [0.2, 0.25) is 0 Å². The Morgan fingerprint density at radius 2 is 1.78 bits per heavy atom. The van der Waals surface area contributed by atoms with E-state index in [4.69, 9.17) is 5.73 Å². The van der Waals surface area contributed by atoms with Crippen LogP contribution in [0.25, 0.3) is 0 Å². The van der Waals surface area contributed by atoms with E-state index in [0.717, 1.165) is 18.4 Å². The first-order valence-corrected chi connectivity index (χ1v) is 7.98. The third-order valence-electron chi connectivity index (χ3n) is 4.92. The first kappa shape index (κ1) is 14.3. The monoisotopic (exact) mass is 253 g/mol. The lowest BCUT2D eigenvalue weighted by Crippen LogP contribution is -2.38. The van der Waals surface area contributed by atoms with Gasteiger partial charge in [-0.3, -0.25) is 0 Å². The van der Waals surface area contributed by atoms with Crippen molar-refractivity contribution in [2.24, 2.45) is 17.6 Å². The van der Waals surface area contributed by atoms with Gasteiger partial charge in [-0.15, -0.1) is 0 Å². The van der Waals surface area contributed by atoms with E-state index >= 15 is 0 Å². The van der Waals surface area contributed by atoms with E-state index in [1.165, 1.54) is 71.4 Å². The number of hydrogen-bond donors (Lipinski definition) is 1. The molecule has 2 heterocycles. The zero-order valence-electron chi connectivity index (χ0n) is 12.1. The highest BCUT2D eigenvalue weighted by Crippen LogP contribution is 2.25. The average Bonchev–Trinajstić information content (AvgIpc) is 2.73. The van der Waals surface area contributed by atoms with Gasteiger partial charge in [-0.2, -0.15) is 0 Å². The van der Waals surface area contributed by atoms with Crippen molar-refractivity contribution in [3.05, 3.63) is 0 Å². The van der Waals surface area contributed by atoms with E-state index < -0.39 is 0 Å². The summed E-state index contributed by atoms with van der Waals surface area (Å²) in [5.41, 5.74) is 6.05. The smallest absolute Gasteiger partial charge is 0.00249 e. The molecular formula is C15H31N3. The number of nitrogens with two attached hydrogens (primary N) is 1. The van der Waals surface area contributed by atoms with Gasteiger partial charge < -0.3 is 15.5 Å². The molecular weight excluding hydrogens is 222 g/mol. The van der Waals surface area contributed by atoms with Gasteiger partial charge >= 0.3 is 0 Å². The third kappa shape index (κ3) is 3.94. The Morgan fingerprint density at radius 3 is 2.33 bits per heavy atom. The molecule has 0 aliphatic carbocycles. The van der Waals surface area contributed by atoms with Gasteiger partial charge in [-0.1, -0.05) is 19.8 Å². The van der Waals surface area contributed by atoms with Crippen LogP contribution in [0.15, 0.2) is 0 Å². The Hall–Kier alpha value is -0.120. The van der Waals surface area contributed by atoms with E-state index in [1.54, 1.807) is 0 Å². The van der Waals surface area contributed by atoms with Crippen molar-refractivity contribution < 1.29 is 0 Å². The molecule has 0 spiro atoms. The van der Waals surface area contributed by atoms with Gasteiger partial charge in [-0.05, 0) is 63.8 Å². The number of hydrogen-bond acceptors (Lipinski definition) is 3. The SMILES string of the molecule is CCN1CCC(C(CN)CN2CCCCCC2)C1. The standard InChI is InChI=1S/C15H31N3/c1-2-17-10-7-14(12-17)15(11-16)13-18-8-5-3-4-6-9-18/h14-15H,2-13,16H2,1H3. The average molecular weight is 253 g/mol. The summed E-state index contributed by atoms with van der Waals surface area (Å²) in [6.45, 7) is 10.8. The first-order chi connectivity index (χ1) is 8.83. The molecule has 0 radical (unpaired) electrons. The maximum absolute atomic E-state index is 6.05. The van der Waals surface area contributed by atoms with E-state index in [1.807, 2.05) is 0 Å². The molecule has 2 atom stereocenters. The first-order valence-electron chi connectivity index (χ1n) is 7.98. The number of nitrogens with zero attached hydrogens (tertiary/aromatic N) is 2. The normalized spacial score (nSPS) is 29.3. The maximum Gasteiger partial charge on any atom is 0.00249 e. The minimum absolute atomic E-state index is 0.722. The third-order valence-corrected chi connectivity index (χ3v) is 4.92. The highest BCUT2D eigenvalue weighted by atomic mass is 15.2. The molecule has 0 aromatic heterocycles. The van der Waals surface area contributed by atoms with Gasteiger partial charge in [0.15, 0.2) is 0 Å². The lowest BCUT2D eigenvalue weighted by atomic mass is 9.91. The molecule has 2 N–H and O–H groups in total. The van der Waals surface area contributed by atoms with Gasteiger partial charge in [0.25, 0.3) is 0 Å².